The number of pyridine rings is 1. The van der Waals surface area contributed by atoms with Crippen LogP contribution in [0.3, 0.4) is 0 Å². The second kappa shape index (κ2) is 9.10. The molecule has 10 nitrogen and oxygen atoms in total. The zero-order valence-electron chi connectivity index (χ0n) is 19.5. The van der Waals surface area contributed by atoms with Gasteiger partial charge in [0.2, 0.25) is 5.88 Å². The van der Waals surface area contributed by atoms with Crippen molar-refractivity contribution in [3.8, 4) is 23.4 Å². The molecule has 2 N–H and O–H groups in total. The Hall–Kier alpha value is -4.21. The minimum atomic E-state index is -4.78. The lowest BCUT2D eigenvalue weighted by atomic mass is 9.85. The largest absolute Gasteiger partial charge is 0.495 e. The molecular weight excluding hydrogens is 491 g/mol. The van der Waals surface area contributed by atoms with Gasteiger partial charge in [-0.2, -0.15) is 5.26 Å². The van der Waals surface area contributed by atoms with Crippen LogP contribution in [-0.4, -0.2) is 40.1 Å². The molecule has 12 heteroatoms. The number of benzene rings is 2. The van der Waals surface area contributed by atoms with Gasteiger partial charge < -0.3 is 19.9 Å². The molecule has 186 valence electrons. The smallest absolute Gasteiger partial charge is 0.274 e. The number of nitrogens with zero attached hydrogens (tertiary/aromatic N) is 3. The number of aromatic nitrogens is 1. The fraction of sp³-hybridized carbons (Fsp3) is 0.208. The normalized spacial score (nSPS) is 16.9. The predicted molar refractivity (Wildman–Crippen MR) is 126 cm³/mol. The molecule has 1 aromatic heterocycles. The molecule has 3 aromatic rings. The standard InChI is InChI=1S/C24H21FN4O6S/c1-4-35-22-15(6-5-9-28-22)24(27)16-10-14(13-26)7-8-18(16)29(23(24)30)36(31,32)21-11-17(25)19(33-2)12-20(21)34-3/h5-12H,4,27H2,1-3H3/t24-/m1/s1. The van der Waals surface area contributed by atoms with Gasteiger partial charge in [0.15, 0.2) is 17.1 Å². The van der Waals surface area contributed by atoms with Gasteiger partial charge in [-0.15, -0.1) is 0 Å². The summed E-state index contributed by atoms with van der Waals surface area (Å²) in [5.41, 5.74) is 4.77. The van der Waals surface area contributed by atoms with Gasteiger partial charge in [0.05, 0.1) is 38.1 Å². The van der Waals surface area contributed by atoms with E-state index >= 15 is 0 Å². The van der Waals surface area contributed by atoms with Crippen LogP contribution in [0.15, 0.2) is 53.6 Å². The number of hydrogen-bond acceptors (Lipinski definition) is 9. The summed E-state index contributed by atoms with van der Waals surface area (Å²) >= 11 is 0. The number of nitrogens with two attached hydrogens (primary N) is 1. The Labute approximate surface area is 206 Å². The molecule has 0 saturated heterocycles. The summed E-state index contributed by atoms with van der Waals surface area (Å²) in [7, 11) is -2.37. The number of methoxy groups -OCH3 is 2. The Morgan fingerprint density at radius 3 is 2.50 bits per heavy atom. The Morgan fingerprint density at radius 1 is 1.14 bits per heavy atom. The highest BCUT2D eigenvalue weighted by Crippen LogP contribution is 2.48. The van der Waals surface area contributed by atoms with Gasteiger partial charge >= 0.3 is 0 Å². The van der Waals surface area contributed by atoms with E-state index in [0.717, 1.165) is 6.07 Å². The van der Waals surface area contributed by atoms with E-state index in [9.17, 15) is 22.9 Å². The first-order valence-corrected chi connectivity index (χ1v) is 12.0. The van der Waals surface area contributed by atoms with E-state index in [1.165, 1.54) is 50.7 Å². The first-order chi connectivity index (χ1) is 17.1. The van der Waals surface area contributed by atoms with Crippen LogP contribution in [0.4, 0.5) is 10.1 Å². The average Bonchev–Trinajstić information content (AvgIpc) is 3.11. The number of halogens is 1. The van der Waals surface area contributed by atoms with Crippen LogP contribution in [0.5, 0.6) is 17.4 Å². The Kier molecular flexibility index (Phi) is 6.30. The quantitative estimate of drug-likeness (QED) is 0.504. The van der Waals surface area contributed by atoms with Gasteiger partial charge in [-0.05, 0) is 37.3 Å². The molecule has 4 rings (SSSR count). The van der Waals surface area contributed by atoms with Crippen LogP contribution in [0.1, 0.15) is 23.6 Å². The van der Waals surface area contributed by atoms with Gasteiger partial charge in [-0.25, -0.2) is 22.1 Å². The van der Waals surface area contributed by atoms with Gasteiger partial charge in [0, 0.05) is 29.5 Å². The molecule has 1 aliphatic heterocycles. The van der Waals surface area contributed by atoms with E-state index in [0.29, 0.717) is 10.4 Å². The van der Waals surface area contributed by atoms with Gasteiger partial charge in [0.1, 0.15) is 10.6 Å². The number of carbonyl (C=O) groups excluding carboxylic acids is 1. The second-order valence-electron chi connectivity index (χ2n) is 7.65. The summed E-state index contributed by atoms with van der Waals surface area (Å²) < 4.78 is 58.5. The van der Waals surface area contributed by atoms with Crippen LogP contribution >= 0.6 is 0 Å². The number of amides is 1. The van der Waals surface area contributed by atoms with E-state index in [2.05, 4.69) is 4.98 Å². The average molecular weight is 513 g/mol. The van der Waals surface area contributed by atoms with Crippen molar-refractivity contribution in [3.05, 3.63) is 71.2 Å². The third-order valence-electron chi connectivity index (χ3n) is 5.72. The van der Waals surface area contributed by atoms with Gasteiger partial charge in [0.25, 0.3) is 15.9 Å². The number of rotatable bonds is 7. The second-order valence-corrected chi connectivity index (χ2v) is 9.41. The molecule has 0 aliphatic carbocycles. The molecular formula is C24H21FN4O6S. The van der Waals surface area contributed by atoms with E-state index in [1.54, 1.807) is 6.92 Å². The van der Waals surface area contributed by atoms with Crippen molar-refractivity contribution < 1.29 is 31.8 Å². The lowest BCUT2D eigenvalue weighted by Gasteiger charge is -2.26. The van der Waals surface area contributed by atoms with Crippen molar-refractivity contribution in [1.29, 1.82) is 5.26 Å². The molecule has 0 spiro atoms. The maximum atomic E-state index is 14.6. The first kappa shape index (κ1) is 24.9. The van der Waals surface area contributed by atoms with Crippen LogP contribution in [-0.2, 0) is 20.4 Å². The number of ether oxygens (including phenoxy) is 3. The molecule has 0 unspecified atom stereocenters. The summed E-state index contributed by atoms with van der Waals surface area (Å²) in [6, 6.07) is 10.7. The number of anilines is 1. The van der Waals surface area contributed by atoms with E-state index < -0.39 is 32.2 Å². The number of nitriles is 1. The highest BCUT2D eigenvalue weighted by Gasteiger charge is 2.56. The van der Waals surface area contributed by atoms with E-state index in [1.807, 2.05) is 6.07 Å². The highest BCUT2D eigenvalue weighted by molar-refractivity contribution is 7.93. The fourth-order valence-electron chi connectivity index (χ4n) is 4.06. The van der Waals surface area contributed by atoms with Crippen molar-refractivity contribution >= 4 is 21.6 Å². The van der Waals surface area contributed by atoms with Crippen molar-refractivity contribution in [2.75, 3.05) is 25.1 Å². The molecule has 2 heterocycles. The van der Waals surface area contributed by atoms with Crippen LogP contribution in [0, 0.1) is 17.1 Å². The Bertz CT molecular complexity index is 1520. The molecule has 1 aliphatic rings. The zero-order valence-corrected chi connectivity index (χ0v) is 20.3. The zero-order chi connectivity index (χ0) is 26.3. The molecule has 1 amide bonds. The number of sulfonamides is 1. The molecule has 0 radical (unpaired) electrons. The topological polar surface area (TPSA) is 145 Å². The Balaban J connectivity index is 2.01. The van der Waals surface area contributed by atoms with E-state index in [4.69, 9.17) is 19.9 Å². The van der Waals surface area contributed by atoms with Crippen molar-refractivity contribution in [1.82, 2.24) is 4.98 Å². The lowest BCUT2D eigenvalue weighted by Crippen LogP contribution is -2.50. The number of carbonyl (C=O) groups is 1. The van der Waals surface area contributed by atoms with Crippen LogP contribution in [0.25, 0.3) is 0 Å². The summed E-state index contributed by atoms with van der Waals surface area (Å²) in [5.74, 6) is -2.52. The molecule has 0 bridgehead atoms. The first-order valence-electron chi connectivity index (χ1n) is 10.6. The maximum absolute atomic E-state index is 14.6. The predicted octanol–water partition coefficient (Wildman–Crippen LogP) is 2.45. The number of fused-ring (bicyclic) bond motifs is 1. The van der Waals surface area contributed by atoms with Gasteiger partial charge in [-0.1, -0.05) is 0 Å². The molecule has 2 aromatic carbocycles. The molecule has 0 fully saturated rings. The third kappa shape index (κ3) is 3.60. The summed E-state index contributed by atoms with van der Waals surface area (Å²) in [4.78, 5) is 17.5. The van der Waals surface area contributed by atoms with E-state index in [-0.39, 0.29) is 46.4 Å². The van der Waals surface area contributed by atoms with Crippen LogP contribution < -0.4 is 24.2 Å². The van der Waals surface area contributed by atoms with Crippen molar-refractivity contribution in [2.45, 2.75) is 17.4 Å². The van der Waals surface area contributed by atoms with Crippen molar-refractivity contribution in [2.24, 2.45) is 5.73 Å². The summed E-state index contributed by atoms with van der Waals surface area (Å²) in [5, 5.41) is 9.45. The minimum Gasteiger partial charge on any atom is -0.495 e. The van der Waals surface area contributed by atoms with Crippen molar-refractivity contribution in [3.63, 3.8) is 0 Å². The highest BCUT2D eigenvalue weighted by atomic mass is 32.2. The summed E-state index contributed by atoms with van der Waals surface area (Å²) in [6.07, 6.45) is 1.43. The summed E-state index contributed by atoms with van der Waals surface area (Å²) in [6.45, 7) is 1.91. The molecule has 1 atom stereocenters. The van der Waals surface area contributed by atoms with Gasteiger partial charge in [-0.3, -0.25) is 4.79 Å². The SMILES string of the molecule is CCOc1ncccc1[C@]1(N)C(=O)N(S(=O)(=O)c2cc(F)c(OC)cc2OC)c2ccc(C#N)cc21. The minimum absolute atomic E-state index is 0.0245. The monoisotopic (exact) mass is 512 g/mol. The Morgan fingerprint density at radius 2 is 1.86 bits per heavy atom. The van der Waals surface area contributed by atoms with Crippen LogP contribution in [0.2, 0.25) is 0 Å². The lowest BCUT2D eigenvalue weighted by molar-refractivity contribution is -0.120. The fourth-order valence-corrected chi connectivity index (χ4v) is 5.68. The molecule has 36 heavy (non-hydrogen) atoms. The maximum Gasteiger partial charge on any atom is 0.274 e. The number of hydrogen-bond donors (Lipinski definition) is 1. The third-order valence-corrected chi connectivity index (χ3v) is 7.44. The molecule has 0 saturated carbocycles.